The molecular weight excluding hydrogens is 460 g/mol. The van der Waals surface area contributed by atoms with Crippen molar-refractivity contribution in [3.8, 4) is 23.0 Å². The molecule has 2 aliphatic rings. The van der Waals surface area contributed by atoms with Crippen molar-refractivity contribution in [1.82, 2.24) is 0 Å². The summed E-state index contributed by atoms with van der Waals surface area (Å²) >= 11 is 0. The maximum Gasteiger partial charge on any atom is 0.164 e. The molecule has 0 unspecified atom stereocenters. The third-order valence-corrected chi connectivity index (χ3v) is 8.73. The molecule has 4 rings (SSSR count). The molecule has 0 aromatic heterocycles. The van der Waals surface area contributed by atoms with Crippen LogP contribution in [0.1, 0.15) is 113 Å². The van der Waals surface area contributed by atoms with Crippen molar-refractivity contribution in [2.45, 2.75) is 112 Å². The van der Waals surface area contributed by atoms with Crippen molar-refractivity contribution in [1.29, 1.82) is 0 Å². The van der Waals surface area contributed by atoms with Crippen LogP contribution in [-0.2, 0) is 16.2 Å². The summed E-state index contributed by atoms with van der Waals surface area (Å²) in [6.07, 6.45) is 2.10. The summed E-state index contributed by atoms with van der Waals surface area (Å²) in [4.78, 5) is 0. The van der Waals surface area contributed by atoms with Crippen molar-refractivity contribution < 1.29 is 18.9 Å². The highest BCUT2D eigenvalue weighted by Crippen LogP contribution is 2.68. The highest BCUT2D eigenvalue weighted by atomic mass is 16.5. The van der Waals surface area contributed by atoms with E-state index in [1.165, 1.54) is 44.5 Å². The van der Waals surface area contributed by atoms with E-state index in [9.17, 15) is 0 Å². The number of hydrogen-bond acceptors (Lipinski definition) is 4. The van der Waals surface area contributed by atoms with Gasteiger partial charge in [0.2, 0.25) is 0 Å². The fraction of sp³-hybridized carbons (Fsp3) is 0.636. The largest absolute Gasteiger partial charge is 0.490 e. The van der Waals surface area contributed by atoms with Crippen LogP contribution in [0.25, 0.3) is 0 Å². The Labute approximate surface area is 225 Å². The molecule has 2 aromatic carbocycles. The fourth-order valence-corrected chi connectivity index (χ4v) is 8.27. The van der Waals surface area contributed by atoms with Crippen LogP contribution in [-0.4, -0.2) is 26.4 Å². The van der Waals surface area contributed by atoms with Gasteiger partial charge in [0.1, 0.15) is 0 Å². The van der Waals surface area contributed by atoms with Crippen LogP contribution in [0.2, 0.25) is 0 Å². The van der Waals surface area contributed by atoms with Gasteiger partial charge in [-0.1, -0.05) is 27.7 Å². The van der Waals surface area contributed by atoms with Crippen LogP contribution in [0.5, 0.6) is 23.0 Å². The molecule has 0 amide bonds. The van der Waals surface area contributed by atoms with Crippen LogP contribution in [0.4, 0.5) is 0 Å². The second-order valence-electron chi connectivity index (χ2n) is 12.3. The lowest BCUT2D eigenvalue weighted by Gasteiger charge is -2.33. The summed E-state index contributed by atoms with van der Waals surface area (Å²) in [5, 5.41) is 0. The van der Waals surface area contributed by atoms with E-state index in [4.69, 9.17) is 18.9 Å². The molecule has 0 heterocycles. The van der Waals surface area contributed by atoms with Gasteiger partial charge in [-0.25, -0.2) is 0 Å². The molecule has 0 radical (unpaired) electrons. The zero-order valence-corrected chi connectivity index (χ0v) is 25.4. The van der Waals surface area contributed by atoms with E-state index in [1.54, 1.807) is 0 Å². The molecule has 1 spiro atoms. The minimum absolute atomic E-state index is 0.0107. The molecule has 0 N–H and O–H groups in total. The van der Waals surface area contributed by atoms with Gasteiger partial charge in [0.15, 0.2) is 23.0 Å². The average molecular weight is 509 g/mol. The normalized spacial score (nSPS) is 18.1. The number of rotatable bonds is 8. The molecule has 2 aromatic rings. The first kappa shape index (κ1) is 27.7. The van der Waals surface area contributed by atoms with Gasteiger partial charge in [-0.3, -0.25) is 0 Å². The van der Waals surface area contributed by atoms with Gasteiger partial charge in [0.25, 0.3) is 0 Å². The highest BCUT2D eigenvalue weighted by molar-refractivity contribution is 5.74. The molecule has 0 saturated carbocycles. The van der Waals surface area contributed by atoms with Crippen molar-refractivity contribution >= 4 is 0 Å². The third-order valence-electron chi connectivity index (χ3n) is 8.73. The fourth-order valence-electron chi connectivity index (χ4n) is 8.27. The Morgan fingerprint density at radius 1 is 0.459 bits per heavy atom. The molecule has 204 valence electrons. The van der Waals surface area contributed by atoms with Gasteiger partial charge in [0.05, 0.1) is 26.4 Å². The van der Waals surface area contributed by atoms with E-state index in [0.29, 0.717) is 26.4 Å². The number of fused-ring (bicyclic) bond motifs is 4. The molecule has 37 heavy (non-hydrogen) atoms. The van der Waals surface area contributed by atoms with Gasteiger partial charge in [-0.05, 0) is 124 Å². The van der Waals surface area contributed by atoms with Crippen LogP contribution >= 0.6 is 0 Å². The second-order valence-corrected chi connectivity index (χ2v) is 12.3. The van der Waals surface area contributed by atoms with Crippen LogP contribution < -0.4 is 18.9 Å². The Morgan fingerprint density at radius 3 is 0.946 bits per heavy atom. The van der Waals surface area contributed by atoms with E-state index < -0.39 is 0 Å². The summed E-state index contributed by atoms with van der Waals surface area (Å²) < 4.78 is 25.2. The van der Waals surface area contributed by atoms with Gasteiger partial charge >= 0.3 is 0 Å². The lowest BCUT2D eigenvalue weighted by atomic mass is 9.70. The summed E-state index contributed by atoms with van der Waals surface area (Å²) in [6, 6.07) is 0. The molecule has 4 heteroatoms. The molecule has 0 aliphatic heterocycles. The summed E-state index contributed by atoms with van der Waals surface area (Å²) in [5.41, 5.74) is 10.5. The molecular formula is C33H48O4. The second kappa shape index (κ2) is 9.43. The van der Waals surface area contributed by atoms with E-state index in [-0.39, 0.29) is 16.2 Å². The molecule has 0 bridgehead atoms. The number of ether oxygens (including phenoxy) is 4. The van der Waals surface area contributed by atoms with Crippen molar-refractivity contribution in [2.75, 3.05) is 26.4 Å². The quantitative estimate of drug-likeness (QED) is 0.360. The molecule has 0 fully saturated rings. The lowest BCUT2D eigenvalue weighted by molar-refractivity contribution is 0.283. The Kier molecular flexibility index (Phi) is 7.05. The maximum absolute atomic E-state index is 6.33. The van der Waals surface area contributed by atoms with Gasteiger partial charge < -0.3 is 18.9 Å². The smallest absolute Gasteiger partial charge is 0.164 e. The van der Waals surface area contributed by atoms with Crippen LogP contribution in [0.3, 0.4) is 0 Å². The first-order valence-corrected chi connectivity index (χ1v) is 14.2. The Bertz CT molecular complexity index is 1120. The first-order chi connectivity index (χ1) is 17.3. The van der Waals surface area contributed by atoms with Crippen LogP contribution in [0.15, 0.2) is 0 Å². The van der Waals surface area contributed by atoms with Gasteiger partial charge in [-0.15, -0.1) is 0 Å². The average Bonchev–Trinajstić information content (AvgIpc) is 3.19. The van der Waals surface area contributed by atoms with E-state index >= 15 is 0 Å². The SMILES string of the molecule is CCOc1c(C)c2c(c(C)c1OCC)C1(CC2(C)C)CC(C)(C)c2c(C)c(OCC)c(OCC)c(C)c21. The topological polar surface area (TPSA) is 36.9 Å². The van der Waals surface area contributed by atoms with Crippen molar-refractivity contribution in [3.05, 3.63) is 44.5 Å². The van der Waals surface area contributed by atoms with E-state index in [2.05, 4.69) is 83.1 Å². The van der Waals surface area contributed by atoms with E-state index in [1.807, 2.05) is 0 Å². The minimum Gasteiger partial charge on any atom is -0.490 e. The molecule has 0 saturated heterocycles. The van der Waals surface area contributed by atoms with Crippen molar-refractivity contribution in [2.24, 2.45) is 0 Å². The zero-order valence-electron chi connectivity index (χ0n) is 25.4. The monoisotopic (exact) mass is 508 g/mol. The highest BCUT2D eigenvalue weighted by Gasteiger charge is 2.59. The molecule has 0 atom stereocenters. The minimum atomic E-state index is -0.130. The van der Waals surface area contributed by atoms with E-state index in [0.717, 1.165) is 35.8 Å². The third kappa shape index (κ3) is 3.84. The van der Waals surface area contributed by atoms with Gasteiger partial charge in [0, 0.05) is 5.41 Å². The summed E-state index contributed by atoms with van der Waals surface area (Å²) in [6.45, 7) is 29.3. The van der Waals surface area contributed by atoms with Crippen LogP contribution in [0, 0.1) is 27.7 Å². The zero-order chi connectivity index (χ0) is 27.5. The molecule has 4 nitrogen and oxygen atoms in total. The molecule has 2 aliphatic carbocycles. The first-order valence-electron chi connectivity index (χ1n) is 14.2. The predicted molar refractivity (Wildman–Crippen MR) is 153 cm³/mol. The Hall–Kier alpha value is -2.36. The maximum atomic E-state index is 6.33. The summed E-state index contributed by atoms with van der Waals surface area (Å²) in [5.74, 6) is 3.65. The standard InChI is InChI=1S/C33H48O4/c1-13-34-27-19(5)23-25(21(7)29(27)36-15-3)33(17-31(23,9)10)18-32(11,12)24-20(6)28(35-14-2)30(37-16-4)22(8)26(24)33/h13-18H2,1-12H3. The summed E-state index contributed by atoms with van der Waals surface area (Å²) in [7, 11) is 0. The van der Waals surface area contributed by atoms with Gasteiger partial charge in [-0.2, -0.15) is 0 Å². The van der Waals surface area contributed by atoms with Crippen molar-refractivity contribution in [3.63, 3.8) is 0 Å². The predicted octanol–water partition coefficient (Wildman–Crippen LogP) is 8.16. The lowest BCUT2D eigenvalue weighted by Crippen LogP contribution is -2.28. The number of hydrogen-bond donors (Lipinski definition) is 0. The Morgan fingerprint density at radius 2 is 0.703 bits per heavy atom. The Balaban J connectivity index is 2.18. The number of benzene rings is 2.